The maximum absolute atomic E-state index is 9.40. The van der Waals surface area contributed by atoms with Gasteiger partial charge in [-0.2, -0.15) is 0 Å². The minimum Gasteiger partial charge on any atom is -0.439 e. The minimum atomic E-state index is -0.0879. The number of aliphatic hydroxyl groups excluding tert-OH is 1. The Hall–Kier alpha value is -1.87. The predicted octanol–water partition coefficient (Wildman–Crippen LogP) is 4.23. The van der Waals surface area contributed by atoms with E-state index in [0.717, 1.165) is 23.4 Å². The third-order valence-corrected chi connectivity index (χ3v) is 3.37. The first-order chi connectivity index (χ1) is 9.92. The topological polar surface area (TPSA) is 42.4 Å². The van der Waals surface area contributed by atoms with Crippen LogP contribution in [0.3, 0.4) is 0 Å². The Balaban J connectivity index is 2.29. The maximum Gasteiger partial charge on any atom is 0.219 e. The van der Waals surface area contributed by atoms with Crippen LogP contribution in [-0.4, -0.2) is 10.1 Å². The van der Waals surface area contributed by atoms with E-state index in [0.29, 0.717) is 5.88 Å². The second-order valence-electron chi connectivity index (χ2n) is 6.21. The van der Waals surface area contributed by atoms with E-state index in [2.05, 4.69) is 44.8 Å². The maximum atomic E-state index is 9.40. The van der Waals surface area contributed by atoms with Gasteiger partial charge in [0, 0.05) is 11.5 Å². The van der Waals surface area contributed by atoms with Gasteiger partial charge in [0.2, 0.25) is 5.88 Å². The number of aromatic nitrogens is 1. The standard InChI is InChI=1S/C18H23NO2/c1-5-13-6-8-15(9-7-13)21-17-11-14(12-20)10-16(19-17)18(2,3)4/h6-11,20H,5,12H2,1-4H3. The zero-order chi connectivity index (χ0) is 15.5. The fourth-order valence-electron chi connectivity index (χ4n) is 2.00. The van der Waals surface area contributed by atoms with Crippen LogP contribution in [0.25, 0.3) is 0 Å². The summed E-state index contributed by atoms with van der Waals surface area (Å²) in [5.41, 5.74) is 2.91. The van der Waals surface area contributed by atoms with E-state index < -0.39 is 0 Å². The first-order valence-electron chi connectivity index (χ1n) is 7.31. The summed E-state index contributed by atoms with van der Waals surface area (Å²) in [5, 5.41) is 9.40. The van der Waals surface area contributed by atoms with Crippen LogP contribution >= 0.6 is 0 Å². The molecular weight excluding hydrogens is 262 g/mol. The van der Waals surface area contributed by atoms with E-state index in [-0.39, 0.29) is 12.0 Å². The molecule has 1 N–H and O–H groups in total. The number of pyridine rings is 1. The van der Waals surface area contributed by atoms with Crippen LogP contribution < -0.4 is 4.74 Å². The Morgan fingerprint density at radius 2 is 1.71 bits per heavy atom. The first-order valence-corrected chi connectivity index (χ1v) is 7.31. The van der Waals surface area contributed by atoms with Gasteiger partial charge < -0.3 is 9.84 Å². The average molecular weight is 285 g/mol. The Morgan fingerprint density at radius 3 is 2.24 bits per heavy atom. The number of ether oxygens (including phenoxy) is 1. The molecule has 2 aromatic rings. The molecule has 3 nitrogen and oxygen atoms in total. The summed E-state index contributed by atoms with van der Waals surface area (Å²) in [6.07, 6.45) is 1.01. The normalized spacial score (nSPS) is 11.5. The molecule has 0 amide bonds. The van der Waals surface area contributed by atoms with E-state index in [1.165, 1.54) is 5.56 Å². The molecule has 0 saturated carbocycles. The van der Waals surface area contributed by atoms with Gasteiger partial charge in [0.15, 0.2) is 0 Å². The van der Waals surface area contributed by atoms with Gasteiger partial charge in [0.25, 0.3) is 0 Å². The van der Waals surface area contributed by atoms with Gasteiger partial charge in [-0.25, -0.2) is 4.98 Å². The molecule has 2 rings (SSSR count). The molecule has 0 unspecified atom stereocenters. The van der Waals surface area contributed by atoms with Crippen molar-refractivity contribution in [2.45, 2.75) is 46.1 Å². The van der Waals surface area contributed by atoms with Gasteiger partial charge >= 0.3 is 0 Å². The molecule has 3 heteroatoms. The van der Waals surface area contributed by atoms with Gasteiger partial charge in [-0.05, 0) is 35.7 Å². The zero-order valence-corrected chi connectivity index (χ0v) is 13.2. The van der Waals surface area contributed by atoms with Crippen molar-refractivity contribution >= 4 is 0 Å². The number of aryl methyl sites for hydroxylation is 1. The molecule has 0 saturated heterocycles. The van der Waals surface area contributed by atoms with E-state index >= 15 is 0 Å². The summed E-state index contributed by atoms with van der Waals surface area (Å²) in [6.45, 7) is 8.39. The molecule has 0 spiro atoms. The van der Waals surface area contributed by atoms with Gasteiger partial charge in [0.1, 0.15) is 5.75 Å². The third kappa shape index (κ3) is 4.05. The molecule has 0 fully saturated rings. The van der Waals surface area contributed by atoms with E-state index in [1.807, 2.05) is 18.2 Å². The van der Waals surface area contributed by atoms with Crippen LogP contribution in [0.4, 0.5) is 0 Å². The number of benzene rings is 1. The fraction of sp³-hybridized carbons (Fsp3) is 0.389. The molecule has 1 aromatic heterocycles. The Labute approximate surface area is 126 Å². The SMILES string of the molecule is CCc1ccc(Oc2cc(CO)cc(C(C)(C)C)n2)cc1. The number of nitrogens with zero attached hydrogens (tertiary/aromatic N) is 1. The van der Waals surface area contributed by atoms with Gasteiger partial charge in [-0.1, -0.05) is 39.8 Å². The Bertz CT molecular complexity index is 598. The van der Waals surface area contributed by atoms with Crippen LogP contribution in [-0.2, 0) is 18.4 Å². The molecule has 0 bridgehead atoms. The average Bonchev–Trinajstić information content (AvgIpc) is 2.46. The van der Waals surface area contributed by atoms with Crippen LogP contribution in [0, 0.1) is 0 Å². The summed E-state index contributed by atoms with van der Waals surface area (Å²) in [4.78, 5) is 4.56. The smallest absolute Gasteiger partial charge is 0.219 e. The highest BCUT2D eigenvalue weighted by Gasteiger charge is 2.17. The third-order valence-electron chi connectivity index (χ3n) is 3.37. The van der Waals surface area contributed by atoms with Crippen molar-refractivity contribution in [1.82, 2.24) is 4.98 Å². The van der Waals surface area contributed by atoms with Gasteiger partial charge in [-0.3, -0.25) is 0 Å². The van der Waals surface area contributed by atoms with Crippen LogP contribution in [0.15, 0.2) is 36.4 Å². The van der Waals surface area contributed by atoms with Crippen molar-refractivity contribution in [3.05, 3.63) is 53.2 Å². The lowest BCUT2D eigenvalue weighted by Gasteiger charge is -2.19. The summed E-state index contributed by atoms with van der Waals surface area (Å²) in [6, 6.07) is 11.7. The lowest BCUT2D eigenvalue weighted by Crippen LogP contribution is -2.14. The zero-order valence-electron chi connectivity index (χ0n) is 13.2. The first kappa shape index (κ1) is 15.5. The Kier molecular flexibility index (Phi) is 4.63. The molecule has 112 valence electrons. The predicted molar refractivity (Wildman–Crippen MR) is 84.8 cm³/mol. The number of hydrogen-bond donors (Lipinski definition) is 1. The second kappa shape index (κ2) is 6.27. The van der Waals surface area contributed by atoms with Crippen molar-refractivity contribution in [3.63, 3.8) is 0 Å². The molecular formula is C18H23NO2. The summed E-state index contributed by atoms with van der Waals surface area (Å²) in [7, 11) is 0. The molecule has 0 radical (unpaired) electrons. The number of hydrogen-bond acceptors (Lipinski definition) is 3. The Morgan fingerprint density at radius 1 is 1.05 bits per heavy atom. The van der Waals surface area contributed by atoms with Gasteiger partial charge in [-0.15, -0.1) is 0 Å². The van der Waals surface area contributed by atoms with Crippen molar-refractivity contribution in [3.8, 4) is 11.6 Å². The van der Waals surface area contributed by atoms with Crippen molar-refractivity contribution in [2.24, 2.45) is 0 Å². The van der Waals surface area contributed by atoms with Crippen molar-refractivity contribution in [1.29, 1.82) is 0 Å². The lowest BCUT2D eigenvalue weighted by molar-refractivity contribution is 0.280. The molecule has 0 aliphatic rings. The van der Waals surface area contributed by atoms with E-state index in [1.54, 1.807) is 6.07 Å². The molecule has 1 aromatic carbocycles. The highest BCUT2D eigenvalue weighted by atomic mass is 16.5. The quantitative estimate of drug-likeness (QED) is 0.914. The van der Waals surface area contributed by atoms with Crippen LogP contribution in [0.2, 0.25) is 0 Å². The largest absolute Gasteiger partial charge is 0.439 e. The number of rotatable bonds is 4. The van der Waals surface area contributed by atoms with Crippen LogP contribution in [0.5, 0.6) is 11.6 Å². The molecule has 0 aliphatic heterocycles. The fourth-order valence-corrected chi connectivity index (χ4v) is 2.00. The highest BCUT2D eigenvalue weighted by Crippen LogP contribution is 2.27. The monoisotopic (exact) mass is 285 g/mol. The minimum absolute atomic E-state index is 0.0171. The molecule has 1 heterocycles. The van der Waals surface area contributed by atoms with Gasteiger partial charge in [0.05, 0.1) is 12.3 Å². The molecule has 21 heavy (non-hydrogen) atoms. The summed E-state index contributed by atoms with van der Waals surface area (Å²) in [5.74, 6) is 1.28. The van der Waals surface area contributed by atoms with Crippen molar-refractivity contribution < 1.29 is 9.84 Å². The summed E-state index contributed by atoms with van der Waals surface area (Å²) < 4.78 is 5.83. The van der Waals surface area contributed by atoms with E-state index in [9.17, 15) is 5.11 Å². The second-order valence-corrected chi connectivity index (χ2v) is 6.21. The van der Waals surface area contributed by atoms with E-state index in [4.69, 9.17) is 4.74 Å². The lowest BCUT2D eigenvalue weighted by atomic mass is 9.91. The highest BCUT2D eigenvalue weighted by molar-refractivity contribution is 5.33. The number of aliphatic hydroxyl groups is 1. The summed E-state index contributed by atoms with van der Waals surface area (Å²) >= 11 is 0. The molecule has 0 atom stereocenters. The van der Waals surface area contributed by atoms with Crippen molar-refractivity contribution in [2.75, 3.05) is 0 Å². The molecule has 0 aliphatic carbocycles. The van der Waals surface area contributed by atoms with Crippen LogP contribution in [0.1, 0.15) is 44.5 Å².